The fourth-order valence-electron chi connectivity index (χ4n) is 4.06. The molecule has 40 heavy (non-hydrogen) atoms. The Morgan fingerprint density at radius 3 is 2.17 bits per heavy atom. The number of carboxylic acid groups (broad SMARTS) is 1. The minimum absolute atomic E-state index is 0.0618. The number of hydrogen-bond donors (Lipinski definition) is 8. The molecule has 4 amide bonds. The summed E-state index contributed by atoms with van der Waals surface area (Å²) in [6.07, 6.45) is 1.12. The van der Waals surface area contributed by atoms with E-state index >= 15 is 0 Å². The van der Waals surface area contributed by atoms with Gasteiger partial charge in [0, 0.05) is 23.5 Å². The Labute approximate surface area is 229 Å². The maximum absolute atomic E-state index is 13.0. The minimum Gasteiger partial charge on any atom is -0.508 e. The number of nitrogens with two attached hydrogens (primary N) is 2. The van der Waals surface area contributed by atoms with Gasteiger partial charge in [-0.2, -0.15) is 0 Å². The number of phenolic OH excluding ortho intramolecular Hbond substituents is 1. The zero-order valence-corrected chi connectivity index (χ0v) is 21.7. The van der Waals surface area contributed by atoms with Gasteiger partial charge in [0.05, 0.1) is 12.5 Å². The second kappa shape index (κ2) is 13.2. The van der Waals surface area contributed by atoms with Crippen LogP contribution in [0.15, 0.2) is 54.7 Å². The Kier molecular flexibility index (Phi) is 9.81. The number of aromatic amines is 1. The third-order valence-corrected chi connectivity index (χ3v) is 6.23. The van der Waals surface area contributed by atoms with Crippen LogP contribution in [0, 0.1) is 0 Å². The van der Waals surface area contributed by atoms with Gasteiger partial charge in [-0.25, -0.2) is 4.79 Å². The standard InChI is InChI=1S/C27H32N6O7/c1-14(31-25(37)19(28)10-15-6-8-17(34)9-7-15)24(36)32-21(12-23(29)35)26(38)33-22(27(39)40)11-16-13-30-20-5-3-2-4-18(16)20/h2-9,13-14,19,21-22,30,34H,10-12,28H2,1H3,(H2,29,35)(H,31,37)(H,32,36)(H,33,38)(H,39,40). The number of para-hydroxylation sites is 1. The van der Waals surface area contributed by atoms with E-state index in [9.17, 15) is 34.2 Å². The van der Waals surface area contributed by atoms with Gasteiger partial charge < -0.3 is 42.6 Å². The van der Waals surface area contributed by atoms with E-state index in [1.807, 2.05) is 18.2 Å². The van der Waals surface area contributed by atoms with Gasteiger partial charge in [0.25, 0.3) is 0 Å². The summed E-state index contributed by atoms with van der Waals surface area (Å²) in [7, 11) is 0. The molecule has 0 spiro atoms. The number of carbonyl (C=O) groups is 5. The highest BCUT2D eigenvalue weighted by molar-refractivity contribution is 5.96. The molecule has 0 aliphatic rings. The van der Waals surface area contributed by atoms with Crippen LogP contribution < -0.4 is 27.4 Å². The summed E-state index contributed by atoms with van der Waals surface area (Å²) in [6.45, 7) is 1.36. The number of aromatic hydroxyl groups is 1. The molecule has 4 unspecified atom stereocenters. The molecule has 212 valence electrons. The van der Waals surface area contributed by atoms with Crippen molar-refractivity contribution in [2.75, 3.05) is 0 Å². The van der Waals surface area contributed by atoms with Gasteiger partial charge in [0.15, 0.2) is 0 Å². The van der Waals surface area contributed by atoms with Gasteiger partial charge in [-0.05, 0) is 42.7 Å². The Morgan fingerprint density at radius 2 is 1.52 bits per heavy atom. The molecule has 13 nitrogen and oxygen atoms in total. The van der Waals surface area contributed by atoms with Crippen LogP contribution in [0.5, 0.6) is 5.75 Å². The minimum atomic E-state index is -1.49. The number of amides is 4. The number of primary amides is 1. The van der Waals surface area contributed by atoms with Crippen LogP contribution in [0.2, 0.25) is 0 Å². The number of carbonyl (C=O) groups excluding carboxylic acids is 4. The van der Waals surface area contributed by atoms with Crippen LogP contribution in [0.4, 0.5) is 0 Å². The number of phenols is 1. The van der Waals surface area contributed by atoms with Crippen molar-refractivity contribution < 1.29 is 34.2 Å². The molecule has 0 aliphatic carbocycles. The first-order chi connectivity index (χ1) is 18.9. The molecule has 2 aromatic carbocycles. The van der Waals surface area contributed by atoms with Crippen LogP contribution >= 0.6 is 0 Å². The van der Waals surface area contributed by atoms with Crippen LogP contribution in [0.25, 0.3) is 10.9 Å². The molecule has 0 fully saturated rings. The Bertz CT molecular complexity index is 1390. The summed E-state index contributed by atoms with van der Waals surface area (Å²) in [6, 6.07) is 8.36. The third kappa shape index (κ3) is 8.04. The molecule has 3 aromatic rings. The molecular weight excluding hydrogens is 520 g/mol. The number of benzene rings is 2. The molecule has 0 radical (unpaired) electrons. The molecule has 0 bridgehead atoms. The molecule has 0 aliphatic heterocycles. The van der Waals surface area contributed by atoms with E-state index in [1.54, 1.807) is 24.4 Å². The van der Waals surface area contributed by atoms with Crippen molar-refractivity contribution in [3.05, 3.63) is 65.9 Å². The lowest BCUT2D eigenvalue weighted by atomic mass is 10.0. The van der Waals surface area contributed by atoms with Gasteiger partial charge in [-0.1, -0.05) is 30.3 Å². The van der Waals surface area contributed by atoms with Crippen molar-refractivity contribution in [2.45, 2.75) is 50.4 Å². The Hall–Kier alpha value is -4.91. The molecule has 1 aromatic heterocycles. The highest BCUT2D eigenvalue weighted by Gasteiger charge is 2.30. The number of rotatable bonds is 13. The van der Waals surface area contributed by atoms with Crippen molar-refractivity contribution in [1.29, 1.82) is 0 Å². The number of fused-ring (bicyclic) bond motifs is 1. The Balaban J connectivity index is 1.62. The highest BCUT2D eigenvalue weighted by Crippen LogP contribution is 2.19. The maximum Gasteiger partial charge on any atom is 0.326 e. The first kappa shape index (κ1) is 29.6. The first-order valence-electron chi connectivity index (χ1n) is 12.4. The lowest BCUT2D eigenvalue weighted by molar-refractivity contribution is -0.142. The van der Waals surface area contributed by atoms with Crippen molar-refractivity contribution >= 4 is 40.5 Å². The summed E-state index contributed by atoms with van der Waals surface area (Å²) in [4.78, 5) is 64.8. The summed E-state index contributed by atoms with van der Waals surface area (Å²) < 4.78 is 0. The smallest absolute Gasteiger partial charge is 0.326 e. The van der Waals surface area contributed by atoms with Gasteiger partial charge in [-0.15, -0.1) is 0 Å². The molecule has 10 N–H and O–H groups in total. The monoisotopic (exact) mass is 552 g/mol. The number of nitrogens with one attached hydrogen (secondary N) is 4. The summed E-state index contributed by atoms with van der Waals surface area (Å²) >= 11 is 0. The normalized spacial score (nSPS) is 13.9. The third-order valence-electron chi connectivity index (χ3n) is 6.23. The van der Waals surface area contributed by atoms with Gasteiger partial charge in [0.2, 0.25) is 23.6 Å². The average Bonchev–Trinajstić information content (AvgIpc) is 3.31. The lowest BCUT2D eigenvalue weighted by Gasteiger charge is -2.23. The number of aliphatic carboxylic acids is 1. The molecule has 13 heteroatoms. The molecule has 0 saturated heterocycles. The number of aromatic nitrogens is 1. The number of carboxylic acids is 1. The summed E-state index contributed by atoms with van der Waals surface area (Å²) in [5.41, 5.74) is 13.3. The number of hydrogen-bond acceptors (Lipinski definition) is 7. The van der Waals surface area contributed by atoms with Crippen LogP contribution in [0.1, 0.15) is 24.5 Å². The SMILES string of the molecule is CC(NC(=O)C(N)Cc1ccc(O)cc1)C(=O)NC(CC(N)=O)C(=O)NC(Cc1c[nH]c2ccccc12)C(=O)O. The maximum atomic E-state index is 13.0. The van der Waals surface area contributed by atoms with Gasteiger partial charge in [0.1, 0.15) is 23.9 Å². The van der Waals surface area contributed by atoms with Crippen molar-refractivity contribution in [2.24, 2.45) is 11.5 Å². The predicted octanol–water partition coefficient (Wildman–Crippen LogP) is -0.580. The molecule has 1 heterocycles. The van der Waals surface area contributed by atoms with Crippen molar-refractivity contribution in [1.82, 2.24) is 20.9 Å². The number of H-pyrrole nitrogens is 1. The molecule has 4 atom stereocenters. The lowest BCUT2D eigenvalue weighted by Crippen LogP contribution is -2.57. The van der Waals surface area contributed by atoms with Gasteiger partial charge >= 0.3 is 5.97 Å². The largest absolute Gasteiger partial charge is 0.508 e. The van der Waals surface area contributed by atoms with Crippen LogP contribution in [0.3, 0.4) is 0 Å². The van der Waals surface area contributed by atoms with Crippen molar-refractivity contribution in [3.63, 3.8) is 0 Å². The van der Waals surface area contributed by atoms with E-state index in [-0.39, 0.29) is 18.6 Å². The zero-order chi connectivity index (χ0) is 29.4. The van der Waals surface area contributed by atoms with E-state index in [1.165, 1.54) is 19.1 Å². The Morgan fingerprint density at radius 1 is 0.875 bits per heavy atom. The molecular formula is C27H32N6O7. The van der Waals surface area contributed by atoms with Crippen molar-refractivity contribution in [3.8, 4) is 5.75 Å². The van der Waals surface area contributed by atoms with E-state index in [0.29, 0.717) is 11.1 Å². The van der Waals surface area contributed by atoms with Crippen LogP contribution in [-0.2, 0) is 36.8 Å². The summed E-state index contributed by atoms with van der Waals surface area (Å²) in [5, 5.41) is 27.0. The van der Waals surface area contributed by atoms with E-state index in [2.05, 4.69) is 20.9 Å². The molecule has 0 saturated carbocycles. The van der Waals surface area contributed by atoms with Gasteiger partial charge in [-0.3, -0.25) is 19.2 Å². The van der Waals surface area contributed by atoms with E-state index in [4.69, 9.17) is 11.5 Å². The first-order valence-corrected chi connectivity index (χ1v) is 12.4. The van der Waals surface area contributed by atoms with E-state index in [0.717, 1.165) is 10.9 Å². The topological polar surface area (TPSA) is 230 Å². The second-order valence-corrected chi connectivity index (χ2v) is 9.40. The predicted molar refractivity (Wildman–Crippen MR) is 145 cm³/mol. The fourth-order valence-corrected chi connectivity index (χ4v) is 4.06. The average molecular weight is 553 g/mol. The summed E-state index contributed by atoms with van der Waals surface area (Å²) in [5.74, 6) is -4.54. The zero-order valence-electron chi connectivity index (χ0n) is 21.7. The van der Waals surface area contributed by atoms with E-state index < -0.39 is 60.2 Å². The van der Waals surface area contributed by atoms with Crippen LogP contribution in [-0.4, -0.2) is 69.0 Å². The molecule has 3 rings (SSSR count). The highest BCUT2D eigenvalue weighted by atomic mass is 16.4. The quantitative estimate of drug-likeness (QED) is 0.136. The fraction of sp³-hybridized carbons (Fsp3) is 0.296. The second-order valence-electron chi connectivity index (χ2n) is 9.40.